The SMILES string of the molecule is Cc1cc2ccccc2nc1CC(N)C(C)C. The summed E-state index contributed by atoms with van der Waals surface area (Å²) in [4.78, 5) is 4.72. The molecule has 0 aliphatic carbocycles. The lowest BCUT2D eigenvalue weighted by Crippen LogP contribution is -2.29. The van der Waals surface area contributed by atoms with Crippen LogP contribution in [-0.4, -0.2) is 11.0 Å². The Morgan fingerprint density at radius 1 is 1.24 bits per heavy atom. The van der Waals surface area contributed by atoms with Crippen LogP contribution < -0.4 is 5.73 Å². The minimum atomic E-state index is 0.183. The smallest absolute Gasteiger partial charge is 0.0705 e. The average molecular weight is 228 g/mol. The minimum absolute atomic E-state index is 0.183. The van der Waals surface area contributed by atoms with Gasteiger partial charge in [-0.25, -0.2) is 0 Å². The highest BCUT2D eigenvalue weighted by Gasteiger charge is 2.11. The van der Waals surface area contributed by atoms with Gasteiger partial charge in [0.2, 0.25) is 0 Å². The van der Waals surface area contributed by atoms with Crippen LogP contribution in [0.3, 0.4) is 0 Å². The molecule has 1 unspecified atom stereocenters. The van der Waals surface area contributed by atoms with Crippen molar-refractivity contribution in [2.75, 3.05) is 0 Å². The van der Waals surface area contributed by atoms with Gasteiger partial charge in [0, 0.05) is 23.5 Å². The quantitative estimate of drug-likeness (QED) is 0.876. The second-order valence-corrected chi connectivity index (χ2v) is 5.06. The number of hydrogen-bond acceptors (Lipinski definition) is 2. The fourth-order valence-corrected chi connectivity index (χ4v) is 1.93. The Labute approximate surface area is 103 Å². The summed E-state index contributed by atoms with van der Waals surface area (Å²) in [6.07, 6.45) is 0.855. The van der Waals surface area contributed by atoms with Crippen molar-refractivity contribution in [1.29, 1.82) is 0 Å². The highest BCUT2D eigenvalue weighted by atomic mass is 14.7. The second-order valence-electron chi connectivity index (χ2n) is 5.06. The lowest BCUT2D eigenvalue weighted by Gasteiger charge is -2.16. The van der Waals surface area contributed by atoms with E-state index in [0.717, 1.165) is 17.6 Å². The molecule has 2 nitrogen and oxygen atoms in total. The molecule has 0 saturated heterocycles. The van der Waals surface area contributed by atoms with Crippen molar-refractivity contribution in [3.05, 3.63) is 41.6 Å². The van der Waals surface area contributed by atoms with Crippen molar-refractivity contribution >= 4 is 10.9 Å². The summed E-state index contributed by atoms with van der Waals surface area (Å²) >= 11 is 0. The number of nitrogens with two attached hydrogens (primary N) is 1. The second kappa shape index (κ2) is 4.84. The Balaban J connectivity index is 2.37. The van der Waals surface area contributed by atoms with Crippen molar-refractivity contribution in [3.8, 4) is 0 Å². The van der Waals surface area contributed by atoms with Gasteiger partial charge in [-0.05, 0) is 30.5 Å². The maximum Gasteiger partial charge on any atom is 0.0705 e. The molecular weight excluding hydrogens is 208 g/mol. The molecule has 0 fully saturated rings. The fraction of sp³-hybridized carbons (Fsp3) is 0.400. The summed E-state index contributed by atoms with van der Waals surface area (Å²) in [6.45, 7) is 6.42. The molecule has 1 atom stereocenters. The molecule has 1 aromatic heterocycles. The largest absolute Gasteiger partial charge is 0.327 e. The number of pyridine rings is 1. The highest BCUT2D eigenvalue weighted by Crippen LogP contribution is 2.18. The van der Waals surface area contributed by atoms with E-state index in [2.05, 4.69) is 39.0 Å². The Hall–Kier alpha value is -1.41. The molecule has 0 aliphatic heterocycles. The lowest BCUT2D eigenvalue weighted by atomic mass is 9.97. The van der Waals surface area contributed by atoms with Crippen molar-refractivity contribution in [1.82, 2.24) is 4.98 Å². The Morgan fingerprint density at radius 3 is 2.65 bits per heavy atom. The van der Waals surface area contributed by atoms with Gasteiger partial charge in [0.15, 0.2) is 0 Å². The summed E-state index contributed by atoms with van der Waals surface area (Å²) in [5.41, 5.74) is 9.55. The number of aryl methyl sites for hydroxylation is 1. The summed E-state index contributed by atoms with van der Waals surface area (Å²) in [7, 11) is 0. The first-order chi connectivity index (χ1) is 8.08. The van der Waals surface area contributed by atoms with Crippen LogP contribution >= 0.6 is 0 Å². The molecule has 2 rings (SSSR count). The molecule has 1 heterocycles. The normalized spacial score (nSPS) is 13.2. The number of nitrogens with zero attached hydrogens (tertiary/aromatic N) is 1. The van der Waals surface area contributed by atoms with Gasteiger partial charge < -0.3 is 5.73 Å². The van der Waals surface area contributed by atoms with Crippen LogP contribution in [0.5, 0.6) is 0 Å². The number of rotatable bonds is 3. The number of para-hydroxylation sites is 1. The van der Waals surface area contributed by atoms with Crippen molar-refractivity contribution in [2.45, 2.75) is 33.2 Å². The third-order valence-electron chi connectivity index (χ3n) is 3.30. The average Bonchev–Trinajstić information content (AvgIpc) is 2.29. The predicted molar refractivity (Wildman–Crippen MR) is 73.0 cm³/mol. The van der Waals surface area contributed by atoms with Gasteiger partial charge in [-0.3, -0.25) is 4.98 Å². The fourth-order valence-electron chi connectivity index (χ4n) is 1.93. The van der Waals surface area contributed by atoms with E-state index in [0.29, 0.717) is 5.92 Å². The molecule has 17 heavy (non-hydrogen) atoms. The molecule has 0 aliphatic rings. The molecule has 0 amide bonds. The number of hydrogen-bond donors (Lipinski definition) is 1. The molecule has 0 spiro atoms. The first kappa shape index (κ1) is 12.1. The molecule has 2 N–H and O–H groups in total. The zero-order chi connectivity index (χ0) is 12.4. The third-order valence-corrected chi connectivity index (χ3v) is 3.30. The summed E-state index contributed by atoms with van der Waals surface area (Å²) in [5, 5.41) is 1.20. The Bertz CT molecular complexity index is 517. The molecule has 0 radical (unpaired) electrons. The van der Waals surface area contributed by atoms with E-state index in [-0.39, 0.29) is 6.04 Å². The molecule has 0 bridgehead atoms. The molecule has 1 aromatic carbocycles. The van der Waals surface area contributed by atoms with Crippen LogP contribution in [0.1, 0.15) is 25.1 Å². The van der Waals surface area contributed by atoms with E-state index in [9.17, 15) is 0 Å². The molecule has 0 saturated carbocycles. The topological polar surface area (TPSA) is 38.9 Å². The summed E-state index contributed by atoms with van der Waals surface area (Å²) < 4.78 is 0. The minimum Gasteiger partial charge on any atom is -0.327 e. The van der Waals surface area contributed by atoms with Gasteiger partial charge in [-0.15, -0.1) is 0 Å². The van der Waals surface area contributed by atoms with Gasteiger partial charge in [0.25, 0.3) is 0 Å². The maximum absolute atomic E-state index is 6.12. The van der Waals surface area contributed by atoms with Gasteiger partial charge >= 0.3 is 0 Å². The number of fused-ring (bicyclic) bond motifs is 1. The van der Waals surface area contributed by atoms with Gasteiger partial charge in [-0.2, -0.15) is 0 Å². The van der Waals surface area contributed by atoms with E-state index in [1.807, 2.05) is 12.1 Å². The molecule has 90 valence electrons. The van der Waals surface area contributed by atoms with Crippen molar-refractivity contribution in [2.24, 2.45) is 11.7 Å². The Kier molecular flexibility index (Phi) is 3.43. The van der Waals surface area contributed by atoms with Crippen LogP contribution in [-0.2, 0) is 6.42 Å². The third kappa shape index (κ3) is 2.64. The summed E-state index contributed by atoms with van der Waals surface area (Å²) in [5.74, 6) is 0.489. The molecule has 2 aromatic rings. The lowest BCUT2D eigenvalue weighted by molar-refractivity contribution is 0.486. The molecule has 2 heteroatoms. The first-order valence-corrected chi connectivity index (χ1v) is 6.19. The van der Waals surface area contributed by atoms with Crippen LogP contribution in [0.25, 0.3) is 10.9 Å². The van der Waals surface area contributed by atoms with E-state index < -0.39 is 0 Å². The van der Waals surface area contributed by atoms with Gasteiger partial charge in [-0.1, -0.05) is 32.0 Å². The van der Waals surface area contributed by atoms with Crippen LogP contribution in [0, 0.1) is 12.8 Å². The van der Waals surface area contributed by atoms with Crippen LogP contribution in [0.15, 0.2) is 30.3 Å². The zero-order valence-corrected chi connectivity index (χ0v) is 10.8. The maximum atomic E-state index is 6.12. The predicted octanol–water partition coefficient (Wildman–Crippen LogP) is 3.07. The standard InChI is InChI=1S/C15H20N2/c1-10(2)13(16)9-15-11(3)8-12-6-4-5-7-14(12)17-15/h4-8,10,13H,9,16H2,1-3H3. The van der Waals surface area contributed by atoms with E-state index in [4.69, 9.17) is 10.7 Å². The van der Waals surface area contributed by atoms with Crippen LogP contribution in [0.4, 0.5) is 0 Å². The van der Waals surface area contributed by atoms with Gasteiger partial charge in [0.05, 0.1) is 5.52 Å². The summed E-state index contributed by atoms with van der Waals surface area (Å²) in [6, 6.07) is 10.6. The zero-order valence-electron chi connectivity index (χ0n) is 10.8. The first-order valence-electron chi connectivity index (χ1n) is 6.19. The number of aromatic nitrogens is 1. The van der Waals surface area contributed by atoms with E-state index in [1.54, 1.807) is 0 Å². The Morgan fingerprint density at radius 2 is 1.94 bits per heavy atom. The van der Waals surface area contributed by atoms with E-state index in [1.165, 1.54) is 10.9 Å². The van der Waals surface area contributed by atoms with Crippen LogP contribution in [0.2, 0.25) is 0 Å². The highest BCUT2D eigenvalue weighted by molar-refractivity contribution is 5.79. The van der Waals surface area contributed by atoms with E-state index >= 15 is 0 Å². The monoisotopic (exact) mass is 228 g/mol. The number of benzene rings is 1. The van der Waals surface area contributed by atoms with Crippen molar-refractivity contribution in [3.63, 3.8) is 0 Å². The molecular formula is C15H20N2. The van der Waals surface area contributed by atoms with Gasteiger partial charge in [0.1, 0.15) is 0 Å². The van der Waals surface area contributed by atoms with Crippen molar-refractivity contribution < 1.29 is 0 Å².